The highest BCUT2D eigenvalue weighted by molar-refractivity contribution is 8.14. The Morgan fingerprint density at radius 1 is 1.03 bits per heavy atom. The molecule has 8 nitrogen and oxygen atoms in total. The molecule has 0 aliphatic rings. The number of nitrogens with one attached hydrogen (secondary N) is 1. The number of anilines is 1. The van der Waals surface area contributed by atoms with Gasteiger partial charge in [-0.1, -0.05) is 17.8 Å². The quantitative estimate of drug-likeness (QED) is 0.526. The summed E-state index contributed by atoms with van der Waals surface area (Å²) in [7, 11) is -3.87. The molecular formula is C20H17N3O5S2. The number of carbonyl (C=O) groups excluding carboxylic acids is 2. The lowest BCUT2D eigenvalue weighted by molar-refractivity contribution is -0.109. The summed E-state index contributed by atoms with van der Waals surface area (Å²) in [6, 6.07) is 13.9. The number of thioether (sulfide) groups is 1. The third kappa shape index (κ3) is 5.88. The molecule has 3 aromatic rings. The van der Waals surface area contributed by atoms with Crippen molar-refractivity contribution in [2.45, 2.75) is 11.8 Å². The molecule has 0 unspecified atom stereocenters. The molecule has 0 saturated heterocycles. The van der Waals surface area contributed by atoms with Gasteiger partial charge in [0.15, 0.2) is 10.9 Å². The molecule has 2 aromatic heterocycles. The van der Waals surface area contributed by atoms with Crippen LogP contribution in [0.4, 0.5) is 5.82 Å². The van der Waals surface area contributed by atoms with Crippen LogP contribution in [0.3, 0.4) is 0 Å². The maximum atomic E-state index is 12.6. The molecular weight excluding hydrogens is 426 g/mol. The van der Waals surface area contributed by atoms with Gasteiger partial charge in [0.2, 0.25) is 5.88 Å². The van der Waals surface area contributed by atoms with Crippen LogP contribution in [0.5, 0.6) is 11.6 Å². The van der Waals surface area contributed by atoms with E-state index in [9.17, 15) is 18.0 Å². The minimum atomic E-state index is -3.87. The first-order valence-electron chi connectivity index (χ1n) is 8.68. The van der Waals surface area contributed by atoms with Crippen LogP contribution < -0.4 is 9.46 Å². The molecule has 0 radical (unpaired) electrons. The normalized spacial score (nSPS) is 11.0. The summed E-state index contributed by atoms with van der Waals surface area (Å²) in [6.45, 7) is 1.38. The first-order chi connectivity index (χ1) is 14.3. The van der Waals surface area contributed by atoms with Gasteiger partial charge >= 0.3 is 0 Å². The van der Waals surface area contributed by atoms with E-state index in [0.717, 1.165) is 11.8 Å². The lowest BCUT2D eigenvalue weighted by Gasteiger charge is -2.09. The standard InChI is InChI=1S/C20H17N3O5S2/c1-14(24)29-13-18(25)15-5-10-19(22-12-15)23-30(26,27)17-8-6-16(7-9-17)28-20-4-2-3-11-21-20/h2-12H,13H2,1H3,(H,22,23). The van der Waals surface area contributed by atoms with Crippen LogP contribution in [0.25, 0.3) is 0 Å². The summed E-state index contributed by atoms with van der Waals surface area (Å²) < 4.78 is 33.0. The van der Waals surface area contributed by atoms with Crippen LogP contribution in [-0.4, -0.2) is 35.0 Å². The van der Waals surface area contributed by atoms with Gasteiger partial charge in [0.05, 0.1) is 10.6 Å². The van der Waals surface area contributed by atoms with E-state index in [1.807, 2.05) is 0 Å². The van der Waals surface area contributed by atoms with Gasteiger partial charge in [-0.25, -0.2) is 18.4 Å². The second-order valence-corrected chi connectivity index (χ2v) is 8.82. The van der Waals surface area contributed by atoms with Crippen LogP contribution in [-0.2, 0) is 14.8 Å². The lowest BCUT2D eigenvalue weighted by Crippen LogP contribution is -2.14. The Hall–Kier alpha value is -3.24. The van der Waals surface area contributed by atoms with Crippen LogP contribution in [0.1, 0.15) is 17.3 Å². The SMILES string of the molecule is CC(=O)SCC(=O)c1ccc(NS(=O)(=O)c2ccc(Oc3ccccn3)cc2)nc1. The number of sulfonamides is 1. The number of ether oxygens (including phenoxy) is 1. The minimum Gasteiger partial charge on any atom is -0.439 e. The van der Waals surface area contributed by atoms with Crippen molar-refractivity contribution in [3.63, 3.8) is 0 Å². The van der Waals surface area contributed by atoms with Crippen molar-refractivity contribution >= 4 is 38.5 Å². The number of hydrogen-bond donors (Lipinski definition) is 1. The molecule has 3 rings (SSSR count). The van der Waals surface area contributed by atoms with E-state index in [0.29, 0.717) is 17.2 Å². The molecule has 0 bridgehead atoms. The summed E-state index contributed by atoms with van der Waals surface area (Å²) in [4.78, 5) is 30.9. The molecule has 0 spiro atoms. The molecule has 30 heavy (non-hydrogen) atoms. The van der Waals surface area contributed by atoms with Crippen molar-refractivity contribution in [1.29, 1.82) is 0 Å². The Morgan fingerprint density at radius 3 is 2.40 bits per heavy atom. The molecule has 0 aliphatic heterocycles. The highest BCUT2D eigenvalue weighted by Crippen LogP contribution is 2.22. The Kier molecular flexibility index (Phi) is 6.80. The maximum absolute atomic E-state index is 12.6. The first-order valence-corrected chi connectivity index (χ1v) is 11.1. The van der Waals surface area contributed by atoms with Crippen molar-refractivity contribution < 1.29 is 22.7 Å². The Bertz CT molecular complexity index is 1130. The second kappa shape index (κ2) is 9.51. The van der Waals surface area contributed by atoms with E-state index in [4.69, 9.17) is 4.74 Å². The predicted octanol–water partition coefficient (Wildman–Crippen LogP) is 3.53. The van der Waals surface area contributed by atoms with Gasteiger partial charge in [-0.2, -0.15) is 0 Å². The number of hydrogen-bond acceptors (Lipinski definition) is 8. The highest BCUT2D eigenvalue weighted by Gasteiger charge is 2.16. The van der Waals surface area contributed by atoms with Crippen LogP contribution in [0, 0.1) is 0 Å². The fourth-order valence-electron chi connectivity index (χ4n) is 2.28. The molecule has 0 atom stereocenters. The zero-order valence-corrected chi connectivity index (χ0v) is 17.4. The van der Waals surface area contributed by atoms with E-state index < -0.39 is 10.0 Å². The third-order valence-electron chi connectivity index (χ3n) is 3.73. The van der Waals surface area contributed by atoms with Gasteiger partial charge in [-0.05, 0) is 42.5 Å². The molecule has 10 heteroatoms. The summed E-state index contributed by atoms with van der Waals surface area (Å²) >= 11 is 0.905. The summed E-state index contributed by atoms with van der Waals surface area (Å²) in [5.41, 5.74) is 0.294. The first kappa shape index (κ1) is 21.5. The molecule has 0 fully saturated rings. The van der Waals surface area contributed by atoms with Gasteiger partial charge in [0, 0.05) is 30.9 Å². The van der Waals surface area contributed by atoms with Gasteiger partial charge in [-0.15, -0.1) is 0 Å². The molecule has 2 heterocycles. The van der Waals surface area contributed by atoms with E-state index in [2.05, 4.69) is 14.7 Å². The monoisotopic (exact) mass is 443 g/mol. The number of aromatic nitrogens is 2. The summed E-state index contributed by atoms with van der Waals surface area (Å²) in [6.07, 6.45) is 2.86. The van der Waals surface area contributed by atoms with Gasteiger partial charge in [0.25, 0.3) is 10.0 Å². The van der Waals surface area contributed by atoms with E-state index in [1.54, 1.807) is 24.4 Å². The smallest absolute Gasteiger partial charge is 0.263 e. The van der Waals surface area contributed by atoms with Gasteiger partial charge in [0.1, 0.15) is 11.6 Å². The van der Waals surface area contributed by atoms with E-state index in [1.165, 1.54) is 49.5 Å². The minimum absolute atomic E-state index is 0.00894. The number of ketones is 1. The van der Waals surface area contributed by atoms with Gasteiger partial charge in [-0.3, -0.25) is 14.3 Å². The number of nitrogens with zero attached hydrogens (tertiary/aromatic N) is 2. The van der Waals surface area contributed by atoms with Crippen LogP contribution >= 0.6 is 11.8 Å². The molecule has 1 aromatic carbocycles. The van der Waals surface area contributed by atoms with Crippen LogP contribution in [0.2, 0.25) is 0 Å². The second-order valence-electron chi connectivity index (χ2n) is 5.98. The maximum Gasteiger partial charge on any atom is 0.263 e. The highest BCUT2D eigenvalue weighted by atomic mass is 32.2. The predicted molar refractivity (Wildman–Crippen MR) is 113 cm³/mol. The third-order valence-corrected chi connectivity index (χ3v) is 5.91. The topological polar surface area (TPSA) is 115 Å². The fraction of sp³-hybridized carbons (Fsp3) is 0.100. The Morgan fingerprint density at radius 2 is 1.80 bits per heavy atom. The van der Waals surface area contributed by atoms with Crippen molar-refractivity contribution in [3.05, 3.63) is 72.6 Å². The Labute approximate surface area is 177 Å². The van der Waals surface area contributed by atoms with E-state index in [-0.39, 0.29) is 27.4 Å². The molecule has 0 amide bonds. The van der Waals surface area contributed by atoms with E-state index >= 15 is 0 Å². The number of Topliss-reactive ketones (excluding diaryl/α,β-unsaturated/α-hetero) is 1. The molecule has 0 aliphatic carbocycles. The summed E-state index contributed by atoms with van der Waals surface area (Å²) in [5, 5.41) is -0.155. The molecule has 154 valence electrons. The average Bonchev–Trinajstić information content (AvgIpc) is 2.73. The summed E-state index contributed by atoms with van der Waals surface area (Å²) in [5.74, 6) is 0.652. The van der Waals surface area contributed by atoms with Crippen molar-refractivity contribution in [3.8, 4) is 11.6 Å². The number of carbonyl (C=O) groups is 2. The largest absolute Gasteiger partial charge is 0.439 e. The fourth-order valence-corrected chi connectivity index (χ4v) is 3.79. The number of pyridine rings is 2. The molecule has 0 saturated carbocycles. The zero-order chi connectivity index (χ0) is 21.6. The van der Waals surface area contributed by atoms with Crippen molar-refractivity contribution in [2.24, 2.45) is 0 Å². The van der Waals surface area contributed by atoms with Crippen LogP contribution in [0.15, 0.2) is 71.9 Å². The number of benzene rings is 1. The number of rotatable bonds is 8. The Balaban J connectivity index is 1.65. The average molecular weight is 444 g/mol. The van der Waals surface area contributed by atoms with Crippen molar-refractivity contribution in [2.75, 3.05) is 10.5 Å². The molecule has 1 N–H and O–H groups in total. The lowest BCUT2D eigenvalue weighted by atomic mass is 10.2. The van der Waals surface area contributed by atoms with Crippen molar-refractivity contribution in [1.82, 2.24) is 9.97 Å². The zero-order valence-electron chi connectivity index (χ0n) is 15.8. The van der Waals surface area contributed by atoms with Gasteiger partial charge < -0.3 is 4.74 Å².